The van der Waals surface area contributed by atoms with Crippen LogP contribution in [0.15, 0.2) is 24.8 Å². The first-order valence-corrected chi connectivity index (χ1v) is 7.21. The number of rotatable bonds is 3. The second-order valence-electron chi connectivity index (χ2n) is 5.47. The van der Waals surface area contributed by atoms with E-state index in [4.69, 9.17) is 5.73 Å². The number of hydrogen-bond donors (Lipinski definition) is 1. The van der Waals surface area contributed by atoms with Gasteiger partial charge in [0.1, 0.15) is 0 Å². The van der Waals surface area contributed by atoms with Gasteiger partial charge in [0.2, 0.25) is 0 Å². The van der Waals surface area contributed by atoms with Gasteiger partial charge in [-0.25, -0.2) is 0 Å². The molecule has 19 heavy (non-hydrogen) atoms. The van der Waals surface area contributed by atoms with Gasteiger partial charge >= 0.3 is 0 Å². The zero-order valence-electron chi connectivity index (χ0n) is 11.5. The third kappa shape index (κ3) is 2.59. The lowest BCUT2D eigenvalue weighted by Gasteiger charge is -2.07. The van der Waals surface area contributed by atoms with E-state index in [9.17, 15) is 0 Å². The molecular weight excluding hydrogens is 236 g/mol. The Balaban J connectivity index is 1.80. The number of aromatic nitrogens is 3. The lowest BCUT2D eigenvalue weighted by molar-refractivity contribution is 0.610. The highest BCUT2D eigenvalue weighted by Gasteiger charge is 2.17. The highest BCUT2D eigenvalue weighted by atomic mass is 15.3. The summed E-state index contributed by atoms with van der Waals surface area (Å²) in [4.78, 5) is 0. The van der Waals surface area contributed by atoms with Crippen molar-refractivity contribution >= 4 is 0 Å². The van der Waals surface area contributed by atoms with Gasteiger partial charge in [0.15, 0.2) is 0 Å². The summed E-state index contributed by atoms with van der Waals surface area (Å²) in [7, 11) is 0. The van der Waals surface area contributed by atoms with Crippen molar-refractivity contribution in [3.05, 3.63) is 41.5 Å². The summed E-state index contributed by atoms with van der Waals surface area (Å²) < 4.78 is 4.22. The zero-order chi connectivity index (χ0) is 13.2. The first kappa shape index (κ1) is 12.5. The Morgan fingerprint density at radius 1 is 1.32 bits per heavy atom. The van der Waals surface area contributed by atoms with Crippen LogP contribution in [-0.2, 0) is 19.5 Å². The molecule has 0 radical (unpaired) electrons. The minimum absolute atomic E-state index is 0.220. The normalized spacial score (nSPS) is 19.2. The second-order valence-corrected chi connectivity index (χ2v) is 5.47. The Bertz CT molecular complexity index is 552. The molecule has 0 aliphatic heterocycles. The molecule has 0 amide bonds. The van der Waals surface area contributed by atoms with Crippen LogP contribution in [0.1, 0.15) is 48.9 Å². The van der Waals surface area contributed by atoms with Crippen molar-refractivity contribution in [2.24, 2.45) is 5.73 Å². The van der Waals surface area contributed by atoms with Gasteiger partial charge in [-0.2, -0.15) is 5.10 Å². The lowest BCUT2D eigenvalue weighted by atomic mass is 10.1. The van der Waals surface area contributed by atoms with E-state index in [1.54, 1.807) is 0 Å². The van der Waals surface area contributed by atoms with Gasteiger partial charge in [0.25, 0.3) is 0 Å². The fraction of sp³-hybridized carbons (Fsp3) is 0.533. The molecule has 1 aliphatic carbocycles. The molecule has 102 valence electrons. The average molecular weight is 258 g/mol. The summed E-state index contributed by atoms with van der Waals surface area (Å²) in [6, 6.07) is 0.220. The predicted octanol–water partition coefficient (Wildman–Crippen LogP) is 2.48. The Morgan fingerprint density at radius 3 is 3.00 bits per heavy atom. The van der Waals surface area contributed by atoms with E-state index in [2.05, 4.69) is 35.2 Å². The lowest BCUT2D eigenvalue weighted by Crippen LogP contribution is -2.09. The molecule has 4 nitrogen and oxygen atoms in total. The summed E-state index contributed by atoms with van der Waals surface area (Å²) >= 11 is 0. The van der Waals surface area contributed by atoms with E-state index in [-0.39, 0.29) is 6.04 Å². The van der Waals surface area contributed by atoms with E-state index < -0.39 is 0 Å². The highest BCUT2D eigenvalue weighted by Crippen LogP contribution is 2.27. The third-order valence-electron chi connectivity index (χ3n) is 3.98. The minimum Gasteiger partial charge on any atom is -0.349 e. The van der Waals surface area contributed by atoms with Crippen LogP contribution in [0.3, 0.4) is 0 Å². The molecule has 0 saturated heterocycles. The van der Waals surface area contributed by atoms with Gasteiger partial charge in [0, 0.05) is 36.7 Å². The molecule has 2 aromatic heterocycles. The molecule has 0 saturated carbocycles. The SMILES string of the molecule is CCn1cc(Cn2cc3c(c2)C(N)CCCC3)cn1. The number of hydrogen-bond acceptors (Lipinski definition) is 2. The van der Waals surface area contributed by atoms with Gasteiger partial charge < -0.3 is 10.3 Å². The summed E-state index contributed by atoms with van der Waals surface area (Å²) in [5.41, 5.74) is 10.3. The molecule has 3 rings (SSSR count). The molecule has 2 heterocycles. The van der Waals surface area contributed by atoms with Crippen LogP contribution in [0.4, 0.5) is 0 Å². The maximum Gasteiger partial charge on any atom is 0.0539 e. The van der Waals surface area contributed by atoms with Gasteiger partial charge in [-0.1, -0.05) is 6.42 Å². The van der Waals surface area contributed by atoms with Crippen LogP contribution >= 0.6 is 0 Å². The Kier molecular flexibility index (Phi) is 3.42. The molecule has 1 unspecified atom stereocenters. The Hall–Kier alpha value is -1.55. The fourth-order valence-corrected chi connectivity index (χ4v) is 2.91. The second kappa shape index (κ2) is 5.21. The quantitative estimate of drug-likeness (QED) is 0.860. The standard InChI is InChI=1S/C15H22N4/c1-2-19-9-12(7-17-19)8-18-10-13-5-3-4-6-15(16)14(13)11-18/h7,9-11,15H,2-6,8,16H2,1H3. The van der Waals surface area contributed by atoms with Crippen molar-refractivity contribution in [3.8, 4) is 0 Å². The van der Waals surface area contributed by atoms with Crippen molar-refractivity contribution in [2.75, 3.05) is 0 Å². The van der Waals surface area contributed by atoms with Gasteiger partial charge in [-0.05, 0) is 37.3 Å². The highest BCUT2D eigenvalue weighted by molar-refractivity contribution is 5.29. The van der Waals surface area contributed by atoms with Gasteiger partial charge in [-0.15, -0.1) is 0 Å². The van der Waals surface area contributed by atoms with Crippen LogP contribution in [0.5, 0.6) is 0 Å². The monoisotopic (exact) mass is 258 g/mol. The molecule has 0 fully saturated rings. The fourth-order valence-electron chi connectivity index (χ4n) is 2.91. The maximum absolute atomic E-state index is 6.25. The number of nitrogens with two attached hydrogens (primary N) is 1. The van der Waals surface area contributed by atoms with E-state index in [1.165, 1.54) is 36.0 Å². The summed E-state index contributed by atoms with van der Waals surface area (Å²) in [6.45, 7) is 3.92. The minimum atomic E-state index is 0.220. The van der Waals surface area contributed by atoms with E-state index >= 15 is 0 Å². The first-order chi connectivity index (χ1) is 9.26. The Labute approximate surface area is 114 Å². The molecule has 1 atom stereocenters. The van der Waals surface area contributed by atoms with Crippen molar-refractivity contribution in [1.82, 2.24) is 14.3 Å². The van der Waals surface area contributed by atoms with Crippen molar-refractivity contribution in [1.29, 1.82) is 0 Å². The van der Waals surface area contributed by atoms with E-state index in [0.717, 1.165) is 19.5 Å². The van der Waals surface area contributed by atoms with Gasteiger partial charge in [-0.3, -0.25) is 4.68 Å². The molecule has 0 spiro atoms. The summed E-state index contributed by atoms with van der Waals surface area (Å²) in [5.74, 6) is 0. The van der Waals surface area contributed by atoms with Crippen LogP contribution in [0, 0.1) is 0 Å². The smallest absolute Gasteiger partial charge is 0.0539 e. The Morgan fingerprint density at radius 2 is 2.21 bits per heavy atom. The van der Waals surface area contributed by atoms with Crippen molar-refractivity contribution < 1.29 is 0 Å². The van der Waals surface area contributed by atoms with Crippen LogP contribution < -0.4 is 5.73 Å². The van der Waals surface area contributed by atoms with Crippen LogP contribution in [0.25, 0.3) is 0 Å². The molecule has 0 aromatic carbocycles. The maximum atomic E-state index is 6.25. The molecule has 0 bridgehead atoms. The average Bonchev–Trinajstić information content (AvgIpc) is 2.98. The van der Waals surface area contributed by atoms with Gasteiger partial charge in [0.05, 0.1) is 12.7 Å². The van der Waals surface area contributed by atoms with Crippen molar-refractivity contribution in [3.63, 3.8) is 0 Å². The number of aryl methyl sites for hydroxylation is 2. The summed E-state index contributed by atoms with van der Waals surface area (Å²) in [6.07, 6.45) is 13.4. The number of fused-ring (bicyclic) bond motifs is 1. The van der Waals surface area contributed by atoms with E-state index in [0.29, 0.717) is 0 Å². The molecule has 2 aromatic rings. The number of nitrogens with zero attached hydrogens (tertiary/aromatic N) is 3. The third-order valence-corrected chi connectivity index (χ3v) is 3.98. The van der Waals surface area contributed by atoms with Crippen molar-refractivity contribution in [2.45, 2.75) is 51.7 Å². The predicted molar refractivity (Wildman–Crippen MR) is 75.9 cm³/mol. The topological polar surface area (TPSA) is 48.8 Å². The molecule has 4 heteroatoms. The molecule has 2 N–H and O–H groups in total. The molecular formula is C15H22N4. The zero-order valence-corrected chi connectivity index (χ0v) is 11.5. The van der Waals surface area contributed by atoms with Crippen LogP contribution in [-0.4, -0.2) is 14.3 Å². The van der Waals surface area contributed by atoms with E-state index in [1.807, 2.05) is 10.9 Å². The largest absolute Gasteiger partial charge is 0.349 e. The summed E-state index contributed by atoms with van der Waals surface area (Å²) in [5, 5.41) is 4.32. The van der Waals surface area contributed by atoms with Crippen LogP contribution in [0.2, 0.25) is 0 Å². The first-order valence-electron chi connectivity index (χ1n) is 7.21. The molecule has 1 aliphatic rings.